The van der Waals surface area contributed by atoms with Crippen LogP contribution in [0.3, 0.4) is 0 Å². The predicted octanol–water partition coefficient (Wildman–Crippen LogP) is 1.74. The largest absolute Gasteiger partial charge is 0.489 e. The predicted molar refractivity (Wildman–Crippen MR) is 49.3 cm³/mol. The molecule has 12 heavy (non-hydrogen) atoms. The van der Waals surface area contributed by atoms with E-state index < -0.39 is 0 Å². The van der Waals surface area contributed by atoms with E-state index in [4.69, 9.17) is 4.74 Å². The van der Waals surface area contributed by atoms with E-state index in [0.717, 1.165) is 15.8 Å². The van der Waals surface area contributed by atoms with Crippen LogP contribution in [0.5, 0.6) is 5.75 Å². The van der Waals surface area contributed by atoms with Gasteiger partial charge in [0.15, 0.2) is 0 Å². The van der Waals surface area contributed by atoms with Crippen LogP contribution >= 0.6 is 15.9 Å². The van der Waals surface area contributed by atoms with Gasteiger partial charge in [-0.2, -0.15) is 0 Å². The van der Waals surface area contributed by atoms with Gasteiger partial charge in [0.25, 0.3) is 0 Å². The van der Waals surface area contributed by atoms with Crippen molar-refractivity contribution < 1.29 is 9.84 Å². The minimum Gasteiger partial charge on any atom is -0.489 e. The van der Waals surface area contributed by atoms with Crippen molar-refractivity contribution in [3.05, 3.63) is 28.2 Å². The van der Waals surface area contributed by atoms with E-state index in [-0.39, 0.29) is 6.10 Å². The van der Waals surface area contributed by atoms with Gasteiger partial charge in [-0.05, 0) is 27.6 Å². The zero-order valence-corrected chi connectivity index (χ0v) is 8.04. The van der Waals surface area contributed by atoms with E-state index in [1.807, 2.05) is 18.2 Å². The van der Waals surface area contributed by atoms with Crippen molar-refractivity contribution in [3.8, 4) is 5.75 Å². The number of aliphatic hydroxyl groups is 1. The van der Waals surface area contributed by atoms with Crippen molar-refractivity contribution >= 4 is 15.9 Å². The molecule has 64 valence electrons. The third-order valence-corrected chi connectivity index (χ3v) is 2.55. The molecule has 0 spiro atoms. The van der Waals surface area contributed by atoms with Gasteiger partial charge in [0.2, 0.25) is 0 Å². The van der Waals surface area contributed by atoms with E-state index in [2.05, 4.69) is 15.9 Å². The molecule has 3 heteroatoms. The van der Waals surface area contributed by atoms with Crippen molar-refractivity contribution in [3.63, 3.8) is 0 Å². The highest BCUT2D eigenvalue weighted by atomic mass is 79.9. The summed E-state index contributed by atoms with van der Waals surface area (Å²) in [6, 6.07) is 5.86. The Balaban J connectivity index is 2.42. The lowest BCUT2D eigenvalue weighted by Gasteiger charge is -2.22. The monoisotopic (exact) mass is 228 g/mol. The highest BCUT2D eigenvalue weighted by Crippen LogP contribution is 2.32. The van der Waals surface area contributed by atoms with Crippen molar-refractivity contribution in [1.82, 2.24) is 0 Å². The Hall–Kier alpha value is -0.540. The van der Waals surface area contributed by atoms with Crippen LogP contribution in [0.4, 0.5) is 0 Å². The first-order chi connectivity index (χ1) is 5.77. The number of para-hydroxylation sites is 1. The van der Waals surface area contributed by atoms with Crippen molar-refractivity contribution in [2.24, 2.45) is 0 Å². The van der Waals surface area contributed by atoms with Gasteiger partial charge in [-0.3, -0.25) is 0 Å². The fraction of sp³-hybridized carbons (Fsp3) is 0.333. The van der Waals surface area contributed by atoms with Gasteiger partial charge in [-0.25, -0.2) is 0 Å². The number of ether oxygens (including phenoxy) is 1. The van der Waals surface area contributed by atoms with Crippen LogP contribution < -0.4 is 4.74 Å². The highest BCUT2D eigenvalue weighted by Gasteiger charge is 2.18. The summed E-state index contributed by atoms with van der Waals surface area (Å²) in [6.07, 6.45) is 0.334. The third-order valence-electron chi connectivity index (χ3n) is 1.92. The molecule has 0 aromatic heterocycles. The summed E-state index contributed by atoms with van der Waals surface area (Å²) in [7, 11) is 0. The van der Waals surface area contributed by atoms with Gasteiger partial charge in [0.05, 0.1) is 10.6 Å². The summed E-state index contributed by atoms with van der Waals surface area (Å²) in [6.45, 7) is 0.398. The smallest absolute Gasteiger partial charge is 0.136 e. The first-order valence-electron chi connectivity index (χ1n) is 3.85. The molecule has 0 amide bonds. The lowest BCUT2D eigenvalue weighted by Crippen LogP contribution is -2.25. The Morgan fingerprint density at radius 1 is 1.50 bits per heavy atom. The second kappa shape index (κ2) is 3.07. The Morgan fingerprint density at radius 3 is 3.17 bits per heavy atom. The normalized spacial score (nSPS) is 21.3. The van der Waals surface area contributed by atoms with Crippen molar-refractivity contribution in [2.45, 2.75) is 12.5 Å². The summed E-state index contributed by atoms with van der Waals surface area (Å²) in [4.78, 5) is 0. The summed E-state index contributed by atoms with van der Waals surface area (Å²) in [5.41, 5.74) is 1.07. The molecule has 1 aliphatic heterocycles. The average Bonchev–Trinajstić information content (AvgIpc) is 2.04. The number of hydrogen-bond acceptors (Lipinski definition) is 2. The quantitative estimate of drug-likeness (QED) is 0.734. The van der Waals surface area contributed by atoms with Gasteiger partial charge < -0.3 is 9.84 Å². The van der Waals surface area contributed by atoms with Crippen LogP contribution in [-0.2, 0) is 6.42 Å². The van der Waals surface area contributed by atoms with Gasteiger partial charge in [-0.15, -0.1) is 0 Å². The lowest BCUT2D eigenvalue weighted by molar-refractivity contribution is 0.0916. The van der Waals surface area contributed by atoms with Crippen molar-refractivity contribution in [1.29, 1.82) is 0 Å². The SMILES string of the molecule is O[C@@H]1COc2c(Br)cccc2C1. The summed E-state index contributed by atoms with van der Waals surface area (Å²) < 4.78 is 6.33. The molecule has 1 atom stereocenters. The Kier molecular flexibility index (Phi) is 2.07. The fourth-order valence-corrected chi connectivity index (χ4v) is 1.89. The van der Waals surface area contributed by atoms with E-state index in [0.29, 0.717) is 13.0 Å². The topological polar surface area (TPSA) is 29.5 Å². The number of hydrogen-bond donors (Lipinski definition) is 1. The van der Waals surface area contributed by atoms with Crippen LogP contribution in [0.15, 0.2) is 22.7 Å². The third kappa shape index (κ3) is 1.34. The molecule has 0 fully saturated rings. The Morgan fingerprint density at radius 2 is 2.33 bits per heavy atom. The minimum atomic E-state index is -0.355. The van der Waals surface area contributed by atoms with Gasteiger partial charge in [-0.1, -0.05) is 12.1 Å². The number of rotatable bonds is 0. The molecule has 1 N–H and O–H groups in total. The molecule has 0 saturated heterocycles. The molecular formula is C9H9BrO2. The first kappa shape index (κ1) is 8.08. The molecule has 0 bridgehead atoms. The van der Waals surface area contributed by atoms with E-state index in [9.17, 15) is 5.11 Å². The number of aliphatic hydroxyl groups excluding tert-OH is 1. The molecule has 1 aromatic carbocycles. The standard InChI is InChI=1S/C9H9BrO2/c10-8-3-1-2-6-4-7(11)5-12-9(6)8/h1-3,7,11H,4-5H2/t7-/m0/s1. The molecule has 2 rings (SSSR count). The molecule has 0 saturated carbocycles. The van der Waals surface area contributed by atoms with Crippen LogP contribution in [0.2, 0.25) is 0 Å². The summed E-state index contributed by atoms with van der Waals surface area (Å²) in [5, 5.41) is 9.31. The first-order valence-corrected chi connectivity index (χ1v) is 4.65. The molecule has 1 aliphatic rings. The van der Waals surface area contributed by atoms with Crippen LogP contribution in [-0.4, -0.2) is 17.8 Å². The minimum absolute atomic E-state index is 0.355. The maximum absolute atomic E-state index is 9.31. The highest BCUT2D eigenvalue weighted by molar-refractivity contribution is 9.10. The lowest BCUT2D eigenvalue weighted by atomic mass is 10.1. The van der Waals surface area contributed by atoms with E-state index in [1.165, 1.54) is 0 Å². The van der Waals surface area contributed by atoms with Crippen LogP contribution in [0.25, 0.3) is 0 Å². The zero-order valence-electron chi connectivity index (χ0n) is 6.46. The fourth-order valence-electron chi connectivity index (χ4n) is 1.37. The van der Waals surface area contributed by atoms with Crippen LogP contribution in [0.1, 0.15) is 5.56 Å². The molecule has 0 radical (unpaired) electrons. The average molecular weight is 229 g/mol. The van der Waals surface area contributed by atoms with Crippen LogP contribution in [0, 0.1) is 0 Å². The van der Waals surface area contributed by atoms with E-state index in [1.54, 1.807) is 0 Å². The van der Waals surface area contributed by atoms with Gasteiger partial charge >= 0.3 is 0 Å². The Bertz CT molecular complexity index is 299. The van der Waals surface area contributed by atoms with Gasteiger partial charge in [0, 0.05) is 6.42 Å². The molecule has 0 aliphatic carbocycles. The number of halogens is 1. The summed E-state index contributed by atoms with van der Waals surface area (Å²) in [5.74, 6) is 0.878. The number of benzene rings is 1. The molecule has 1 heterocycles. The maximum atomic E-state index is 9.31. The van der Waals surface area contributed by atoms with Crippen molar-refractivity contribution in [2.75, 3.05) is 6.61 Å². The molecule has 1 aromatic rings. The summed E-state index contributed by atoms with van der Waals surface area (Å²) >= 11 is 3.40. The number of fused-ring (bicyclic) bond motifs is 1. The zero-order chi connectivity index (χ0) is 8.55. The molecule has 0 unspecified atom stereocenters. The maximum Gasteiger partial charge on any atom is 0.136 e. The Labute approximate surface area is 79.3 Å². The molecule has 2 nitrogen and oxygen atoms in total. The molecular weight excluding hydrogens is 220 g/mol. The van der Waals surface area contributed by atoms with E-state index >= 15 is 0 Å². The second-order valence-corrected chi connectivity index (χ2v) is 3.75. The second-order valence-electron chi connectivity index (χ2n) is 2.90. The van der Waals surface area contributed by atoms with Gasteiger partial charge in [0.1, 0.15) is 12.4 Å².